The van der Waals surface area contributed by atoms with E-state index in [0.29, 0.717) is 17.0 Å². The Kier molecular flexibility index (Phi) is 5.07. The fourth-order valence-corrected chi connectivity index (χ4v) is 6.06. The van der Waals surface area contributed by atoms with Crippen molar-refractivity contribution in [1.82, 2.24) is 24.7 Å². The Morgan fingerprint density at radius 3 is 2.55 bits per heavy atom. The van der Waals surface area contributed by atoms with E-state index in [-0.39, 0.29) is 0 Å². The Hall–Kier alpha value is -3.92. The summed E-state index contributed by atoms with van der Waals surface area (Å²) < 4.78 is 7.46. The van der Waals surface area contributed by atoms with E-state index in [2.05, 4.69) is 9.88 Å². The molecule has 4 aromatic rings. The second kappa shape index (κ2) is 8.29. The predicted octanol–water partition coefficient (Wildman–Crippen LogP) is 3.74. The minimum atomic E-state index is -0.745. The van der Waals surface area contributed by atoms with Crippen molar-refractivity contribution in [3.05, 3.63) is 42.5 Å². The maximum atomic E-state index is 10.9. The summed E-state index contributed by atoms with van der Waals surface area (Å²) in [4.78, 5) is 20.5. The van der Waals surface area contributed by atoms with Gasteiger partial charge >= 0.3 is 0 Å². The van der Waals surface area contributed by atoms with Crippen LogP contribution in [0.3, 0.4) is 0 Å². The summed E-state index contributed by atoms with van der Waals surface area (Å²) in [7, 11) is 5.49. The number of pyridine rings is 3. The van der Waals surface area contributed by atoms with E-state index in [0.717, 1.165) is 58.1 Å². The van der Waals surface area contributed by atoms with Crippen LogP contribution in [0.25, 0.3) is 28.0 Å². The molecule has 0 amide bonds. The highest BCUT2D eigenvalue weighted by molar-refractivity contribution is 5.90. The van der Waals surface area contributed by atoms with Gasteiger partial charge in [0.15, 0.2) is 11.6 Å². The molecule has 1 aliphatic carbocycles. The van der Waals surface area contributed by atoms with E-state index < -0.39 is 6.35 Å². The number of methoxy groups -OCH3 is 1. The molecule has 4 aromatic heterocycles. The number of aliphatic hydroxyl groups is 1. The lowest BCUT2D eigenvalue weighted by atomic mass is 9.93. The second-order valence-electron chi connectivity index (χ2n) is 10.9. The van der Waals surface area contributed by atoms with Gasteiger partial charge in [0.25, 0.3) is 0 Å². The highest BCUT2D eigenvalue weighted by Gasteiger charge is 2.45. The summed E-state index contributed by atoms with van der Waals surface area (Å²) in [5.74, 6) is 2.33. The maximum absolute atomic E-state index is 10.9. The summed E-state index contributed by atoms with van der Waals surface area (Å²) in [6.45, 7) is 3.94. The molecule has 196 valence electrons. The summed E-state index contributed by atoms with van der Waals surface area (Å²) >= 11 is 0. The van der Waals surface area contributed by atoms with Gasteiger partial charge in [-0.2, -0.15) is 5.10 Å². The number of ether oxygens (including phenoxy) is 1. The minimum Gasteiger partial charge on any atom is -0.496 e. The molecule has 0 aromatic carbocycles. The fourth-order valence-electron chi connectivity index (χ4n) is 6.06. The van der Waals surface area contributed by atoms with Gasteiger partial charge in [0.2, 0.25) is 6.35 Å². The van der Waals surface area contributed by atoms with Crippen molar-refractivity contribution in [2.24, 2.45) is 5.41 Å². The molecular weight excluding hydrogens is 480 g/mol. The molecule has 10 heteroatoms. The minimum absolute atomic E-state index is 0.561. The van der Waals surface area contributed by atoms with Crippen LogP contribution in [0.1, 0.15) is 31.4 Å². The van der Waals surface area contributed by atoms with Crippen LogP contribution in [0.2, 0.25) is 0 Å². The van der Waals surface area contributed by atoms with Crippen molar-refractivity contribution < 1.29 is 9.84 Å². The Morgan fingerprint density at radius 2 is 1.82 bits per heavy atom. The Balaban J connectivity index is 1.39. The van der Waals surface area contributed by atoms with Crippen LogP contribution in [0, 0.1) is 12.3 Å². The molecule has 3 aliphatic rings. The van der Waals surface area contributed by atoms with Crippen molar-refractivity contribution in [3.8, 4) is 22.8 Å². The largest absolute Gasteiger partial charge is 0.496 e. The molecule has 0 radical (unpaired) electrons. The number of aromatic nitrogens is 5. The molecule has 1 unspecified atom stereocenters. The normalized spacial score (nSPS) is 19.9. The van der Waals surface area contributed by atoms with Crippen LogP contribution in [-0.4, -0.2) is 70.5 Å². The van der Waals surface area contributed by atoms with Crippen molar-refractivity contribution in [2.45, 2.75) is 39.0 Å². The van der Waals surface area contributed by atoms with Crippen LogP contribution in [0.15, 0.2) is 36.8 Å². The number of hydrogen-bond donors (Lipinski definition) is 1. The first-order chi connectivity index (χ1) is 18.4. The van der Waals surface area contributed by atoms with Crippen LogP contribution in [-0.2, 0) is 0 Å². The van der Waals surface area contributed by atoms with E-state index in [1.807, 2.05) is 59.9 Å². The third-order valence-electron chi connectivity index (χ3n) is 8.70. The van der Waals surface area contributed by atoms with Crippen molar-refractivity contribution in [2.75, 3.05) is 49.0 Å². The zero-order valence-electron chi connectivity index (χ0n) is 22.2. The first-order valence-electron chi connectivity index (χ1n) is 13.2. The van der Waals surface area contributed by atoms with Crippen LogP contribution in [0.5, 0.6) is 5.75 Å². The van der Waals surface area contributed by atoms with Crippen LogP contribution < -0.4 is 19.4 Å². The van der Waals surface area contributed by atoms with Crippen molar-refractivity contribution in [1.29, 1.82) is 0 Å². The van der Waals surface area contributed by atoms with Gasteiger partial charge < -0.3 is 24.5 Å². The number of aryl methyl sites for hydroxylation is 1. The zero-order valence-corrected chi connectivity index (χ0v) is 22.2. The Bertz CT molecular complexity index is 1550. The Labute approximate surface area is 221 Å². The molecule has 10 nitrogen and oxygen atoms in total. The molecule has 2 aliphatic heterocycles. The van der Waals surface area contributed by atoms with E-state index in [9.17, 15) is 5.11 Å². The first-order valence-corrected chi connectivity index (χ1v) is 13.2. The number of hydrogen-bond acceptors (Lipinski definition) is 9. The van der Waals surface area contributed by atoms with E-state index in [4.69, 9.17) is 19.8 Å². The van der Waals surface area contributed by atoms with Gasteiger partial charge in [-0.05, 0) is 50.2 Å². The number of fused-ring (bicyclic) bond motifs is 2. The van der Waals surface area contributed by atoms with Crippen LogP contribution in [0.4, 0.5) is 17.2 Å². The van der Waals surface area contributed by atoms with Gasteiger partial charge in [0.1, 0.15) is 11.4 Å². The molecule has 1 saturated heterocycles. The van der Waals surface area contributed by atoms with Crippen molar-refractivity contribution >= 4 is 28.1 Å². The van der Waals surface area contributed by atoms with E-state index in [1.165, 1.54) is 25.7 Å². The molecule has 6 heterocycles. The Morgan fingerprint density at radius 1 is 1.03 bits per heavy atom. The topological polar surface area (TPSA) is 95.7 Å². The average Bonchev–Trinajstić information content (AvgIpc) is 3.48. The van der Waals surface area contributed by atoms with Gasteiger partial charge in [0, 0.05) is 56.7 Å². The molecule has 0 bridgehead atoms. The lowest BCUT2D eigenvalue weighted by Crippen LogP contribution is -2.39. The zero-order chi connectivity index (χ0) is 26.2. The molecule has 7 rings (SSSR count). The van der Waals surface area contributed by atoms with Gasteiger partial charge in [-0.3, -0.25) is 9.97 Å². The summed E-state index contributed by atoms with van der Waals surface area (Å²) in [6.07, 6.45) is 9.68. The smallest absolute Gasteiger partial charge is 0.207 e. The lowest BCUT2D eigenvalue weighted by molar-refractivity contribution is 0.183. The highest BCUT2D eigenvalue weighted by atomic mass is 16.5. The third-order valence-corrected chi connectivity index (χ3v) is 8.70. The first kappa shape index (κ1) is 23.2. The monoisotopic (exact) mass is 512 g/mol. The fraction of sp³-hybridized carbons (Fsp3) is 0.429. The molecule has 1 saturated carbocycles. The van der Waals surface area contributed by atoms with Gasteiger partial charge in [-0.15, -0.1) is 0 Å². The number of anilines is 3. The third kappa shape index (κ3) is 3.43. The summed E-state index contributed by atoms with van der Waals surface area (Å²) in [5.41, 5.74) is 5.83. The van der Waals surface area contributed by atoms with Crippen LogP contribution >= 0.6 is 0 Å². The predicted molar refractivity (Wildman–Crippen MR) is 147 cm³/mol. The standard InChI is InChI=1S/C28H32N8O2/c1-17-18-16-30-36(21(18)13-20(31-17)19-15-29-10-5-23(19)38-4)24-14-22-25(34(3)27(37)33(22)2)26(32-24)35-11-8-28(6-7-28)9-12-35/h5,10,13-16,27,37H,6-9,11-12H2,1-4H3. The lowest BCUT2D eigenvalue weighted by Gasteiger charge is -2.35. The summed E-state index contributed by atoms with van der Waals surface area (Å²) in [6, 6.07) is 5.88. The number of rotatable bonds is 4. The highest BCUT2D eigenvalue weighted by Crippen LogP contribution is 2.55. The number of piperidine rings is 1. The molecule has 2 fully saturated rings. The van der Waals surface area contributed by atoms with Gasteiger partial charge in [-0.1, -0.05) is 0 Å². The quantitative estimate of drug-likeness (QED) is 0.439. The SMILES string of the molecule is COc1ccncc1-c1cc2c(cnn2-c2cc3c(c(N4CCC5(CC4)CC5)n2)N(C)C(O)N3C)c(C)n1. The second-order valence-corrected chi connectivity index (χ2v) is 10.9. The average molecular weight is 513 g/mol. The molecule has 38 heavy (non-hydrogen) atoms. The number of nitrogens with zero attached hydrogens (tertiary/aromatic N) is 8. The van der Waals surface area contributed by atoms with Gasteiger partial charge in [-0.25, -0.2) is 9.67 Å². The molecular formula is C28H32N8O2. The summed E-state index contributed by atoms with van der Waals surface area (Å²) in [5, 5.41) is 16.6. The maximum Gasteiger partial charge on any atom is 0.207 e. The van der Waals surface area contributed by atoms with E-state index >= 15 is 0 Å². The number of aliphatic hydroxyl groups excluding tert-OH is 1. The van der Waals surface area contributed by atoms with E-state index in [1.54, 1.807) is 19.5 Å². The molecule has 1 N–H and O–H groups in total. The molecule has 1 spiro atoms. The van der Waals surface area contributed by atoms with Crippen molar-refractivity contribution in [3.63, 3.8) is 0 Å². The molecule has 1 atom stereocenters. The van der Waals surface area contributed by atoms with Gasteiger partial charge in [0.05, 0.1) is 35.8 Å².